The van der Waals surface area contributed by atoms with Gasteiger partial charge in [0.05, 0.1) is 0 Å². The largest absolute Gasteiger partial charge is 0.383 e. The van der Waals surface area contributed by atoms with E-state index in [0.29, 0.717) is 11.4 Å². The van der Waals surface area contributed by atoms with Crippen molar-refractivity contribution < 1.29 is 14.7 Å². The maximum atomic E-state index is 11.9. The lowest BCUT2D eigenvalue weighted by molar-refractivity contribution is -0.133. The van der Waals surface area contributed by atoms with Crippen LogP contribution in [0.25, 0.3) is 0 Å². The zero-order chi connectivity index (χ0) is 16.9. The number of amides is 2. The van der Waals surface area contributed by atoms with Gasteiger partial charge < -0.3 is 16.2 Å². The van der Waals surface area contributed by atoms with Crippen molar-refractivity contribution in [2.45, 2.75) is 38.8 Å². The molecule has 5 nitrogen and oxygen atoms in total. The van der Waals surface area contributed by atoms with Gasteiger partial charge in [0, 0.05) is 15.9 Å². The summed E-state index contributed by atoms with van der Waals surface area (Å²) in [5.74, 6) is -1.11. The van der Waals surface area contributed by atoms with Crippen molar-refractivity contribution in [1.29, 1.82) is 0 Å². The number of hydrogen-bond acceptors (Lipinski definition) is 3. The van der Waals surface area contributed by atoms with Crippen molar-refractivity contribution in [2.24, 2.45) is 11.7 Å². The normalized spacial score (nSPS) is 13.7. The van der Waals surface area contributed by atoms with Gasteiger partial charge in [0.1, 0.15) is 12.1 Å². The number of hydrogen-bond donors (Lipinski definition) is 3. The Morgan fingerprint density at radius 2 is 2.05 bits per heavy atom. The van der Waals surface area contributed by atoms with Crippen LogP contribution in [0.4, 0.5) is 0 Å². The Hall–Kier alpha value is -1.11. The molecule has 7 heteroatoms. The lowest BCUT2D eigenvalue weighted by Crippen LogP contribution is -2.49. The lowest BCUT2D eigenvalue weighted by Gasteiger charge is -2.19. The first-order chi connectivity index (χ1) is 10.2. The van der Waals surface area contributed by atoms with Gasteiger partial charge in [-0.15, -0.1) is 0 Å². The Balaban J connectivity index is 2.80. The number of nitrogens with two attached hydrogens (primary N) is 1. The van der Waals surface area contributed by atoms with Gasteiger partial charge in [-0.1, -0.05) is 41.4 Å². The minimum absolute atomic E-state index is 0.162. The summed E-state index contributed by atoms with van der Waals surface area (Å²) < 4.78 is 0.764. The summed E-state index contributed by atoms with van der Waals surface area (Å²) in [6.45, 7) is 3.79. The van der Waals surface area contributed by atoms with E-state index in [0.717, 1.165) is 10.0 Å². The molecule has 4 N–H and O–H groups in total. The number of carbonyl (C=O) groups excluding carboxylic acids is 2. The molecule has 0 aliphatic heterocycles. The Morgan fingerprint density at radius 3 is 2.59 bits per heavy atom. The second-order valence-corrected chi connectivity index (χ2v) is 6.84. The molecule has 0 aliphatic carbocycles. The van der Waals surface area contributed by atoms with Gasteiger partial charge >= 0.3 is 0 Å². The molecule has 1 aromatic carbocycles. The molecule has 1 aromatic rings. The van der Waals surface area contributed by atoms with Crippen LogP contribution in [0, 0.1) is 5.92 Å². The van der Waals surface area contributed by atoms with Crippen molar-refractivity contribution >= 4 is 39.3 Å². The zero-order valence-electron chi connectivity index (χ0n) is 12.5. The van der Waals surface area contributed by atoms with E-state index in [2.05, 4.69) is 21.2 Å². The molecular formula is C15H20BrClN2O3. The second kappa shape index (κ2) is 8.50. The number of rotatable bonds is 7. The number of aliphatic hydroxyl groups is 1. The molecule has 0 radical (unpaired) electrons. The fourth-order valence-electron chi connectivity index (χ4n) is 1.96. The van der Waals surface area contributed by atoms with Crippen LogP contribution in [0.3, 0.4) is 0 Å². The molecule has 2 atom stereocenters. The van der Waals surface area contributed by atoms with Gasteiger partial charge in [0.2, 0.25) is 11.8 Å². The smallest absolute Gasteiger partial charge is 0.249 e. The lowest BCUT2D eigenvalue weighted by atomic mass is 10.0. The third-order valence-corrected chi connectivity index (χ3v) is 4.10. The highest BCUT2D eigenvalue weighted by atomic mass is 79.9. The molecule has 0 spiro atoms. The summed E-state index contributed by atoms with van der Waals surface area (Å²) >= 11 is 9.29. The maximum Gasteiger partial charge on any atom is 0.249 e. The van der Waals surface area contributed by atoms with Gasteiger partial charge in [0.15, 0.2) is 0 Å². The van der Waals surface area contributed by atoms with Crippen LogP contribution < -0.4 is 11.1 Å². The molecule has 2 amide bonds. The quantitative estimate of drug-likeness (QED) is 0.664. The van der Waals surface area contributed by atoms with Crippen molar-refractivity contribution in [3.05, 3.63) is 33.3 Å². The zero-order valence-corrected chi connectivity index (χ0v) is 14.8. The molecule has 0 bridgehead atoms. The molecular weight excluding hydrogens is 372 g/mol. The fraction of sp³-hybridized carbons (Fsp3) is 0.467. The van der Waals surface area contributed by atoms with Crippen molar-refractivity contribution in [3.8, 4) is 0 Å². The van der Waals surface area contributed by atoms with Crippen LogP contribution in [0.2, 0.25) is 5.02 Å². The average molecular weight is 392 g/mol. The third kappa shape index (κ3) is 5.94. The van der Waals surface area contributed by atoms with Gasteiger partial charge in [0.25, 0.3) is 0 Å². The number of nitrogens with one attached hydrogen (secondary N) is 1. The van der Waals surface area contributed by atoms with Crippen LogP contribution in [-0.2, 0) is 16.0 Å². The number of carbonyl (C=O) groups is 2. The maximum absolute atomic E-state index is 11.9. The first kappa shape index (κ1) is 18.9. The van der Waals surface area contributed by atoms with Crippen LogP contribution >= 0.6 is 27.5 Å². The fourth-order valence-corrected chi connectivity index (χ4v) is 2.57. The first-order valence-corrected chi connectivity index (χ1v) is 8.09. The molecule has 0 saturated heterocycles. The Kier molecular flexibility index (Phi) is 7.32. The molecule has 0 heterocycles. The number of aliphatic hydroxyl groups excluding tert-OH is 1. The summed E-state index contributed by atoms with van der Waals surface area (Å²) in [7, 11) is 0. The van der Waals surface area contributed by atoms with Crippen molar-refractivity contribution in [2.75, 3.05) is 0 Å². The van der Waals surface area contributed by atoms with Crippen LogP contribution in [-0.4, -0.2) is 29.1 Å². The molecule has 1 rings (SSSR count). The highest BCUT2D eigenvalue weighted by Gasteiger charge is 2.24. The standard InChI is InChI=1S/C15H20BrClN2O3/c1-8(2)5-13(20)15(22)19-12(14(18)21)7-9-6-10(17)3-4-11(9)16/h3-4,6,8,12-13,20H,5,7H2,1-2H3,(H2,18,21)(H,19,22)/t12-,13-/m1/s1. The minimum Gasteiger partial charge on any atom is -0.383 e. The molecule has 0 unspecified atom stereocenters. The van der Waals surface area contributed by atoms with E-state index in [-0.39, 0.29) is 12.3 Å². The van der Waals surface area contributed by atoms with E-state index in [1.54, 1.807) is 18.2 Å². The summed E-state index contributed by atoms with van der Waals surface area (Å²) in [5.41, 5.74) is 6.08. The van der Waals surface area contributed by atoms with E-state index < -0.39 is 24.0 Å². The van der Waals surface area contributed by atoms with E-state index in [1.165, 1.54) is 0 Å². The number of primary amides is 1. The van der Waals surface area contributed by atoms with Gasteiger partial charge in [-0.05, 0) is 36.1 Å². The van der Waals surface area contributed by atoms with E-state index >= 15 is 0 Å². The molecule has 0 aliphatic rings. The summed E-state index contributed by atoms with van der Waals surface area (Å²) in [6.07, 6.45) is -0.654. The van der Waals surface area contributed by atoms with Crippen LogP contribution in [0.1, 0.15) is 25.8 Å². The summed E-state index contributed by atoms with van der Waals surface area (Å²) in [4.78, 5) is 23.5. The van der Waals surface area contributed by atoms with Crippen LogP contribution in [0.15, 0.2) is 22.7 Å². The van der Waals surface area contributed by atoms with Gasteiger partial charge in [-0.25, -0.2) is 0 Å². The molecule has 0 saturated carbocycles. The van der Waals surface area contributed by atoms with E-state index in [4.69, 9.17) is 17.3 Å². The predicted octanol–water partition coefficient (Wildman–Crippen LogP) is 2.02. The Bertz CT molecular complexity index is 552. The van der Waals surface area contributed by atoms with Crippen molar-refractivity contribution in [3.63, 3.8) is 0 Å². The van der Waals surface area contributed by atoms with Crippen LogP contribution in [0.5, 0.6) is 0 Å². The molecule has 0 aromatic heterocycles. The third-order valence-electron chi connectivity index (χ3n) is 3.09. The SMILES string of the molecule is CC(C)C[C@@H](O)C(=O)N[C@H](Cc1cc(Cl)ccc1Br)C(N)=O. The highest BCUT2D eigenvalue weighted by molar-refractivity contribution is 9.10. The Morgan fingerprint density at radius 1 is 1.41 bits per heavy atom. The number of halogens is 2. The predicted molar refractivity (Wildman–Crippen MR) is 89.4 cm³/mol. The van der Waals surface area contributed by atoms with Gasteiger partial charge in [-0.2, -0.15) is 0 Å². The summed E-state index contributed by atoms with van der Waals surface area (Å²) in [6, 6.07) is 4.24. The molecule has 122 valence electrons. The summed E-state index contributed by atoms with van der Waals surface area (Å²) in [5, 5.41) is 12.8. The first-order valence-electron chi connectivity index (χ1n) is 6.92. The number of benzene rings is 1. The minimum atomic E-state index is -1.16. The van der Waals surface area contributed by atoms with Crippen molar-refractivity contribution in [1.82, 2.24) is 5.32 Å². The topological polar surface area (TPSA) is 92.4 Å². The van der Waals surface area contributed by atoms with E-state index in [9.17, 15) is 14.7 Å². The highest BCUT2D eigenvalue weighted by Crippen LogP contribution is 2.22. The second-order valence-electron chi connectivity index (χ2n) is 5.55. The van der Waals surface area contributed by atoms with E-state index in [1.807, 2.05) is 13.8 Å². The molecule has 22 heavy (non-hydrogen) atoms. The Labute approximate surface area is 143 Å². The van der Waals surface area contributed by atoms with Gasteiger partial charge in [-0.3, -0.25) is 9.59 Å². The average Bonchev–Trinajstić information content (AvgIpc) is 2.40. The molecule has 0 fully saturated rings. The monoisotopic (exact) mass is 390 g/mol.